The zero-order valence-corrected chi connectivity index (χ0v) is 23.0. The van der Waals surface area contributed by atoms with Crippen molar-refractivity contribution in [3.8, 4) is 22.6 Å². The summed E-state index contributed by atoms with van der Waals surface area (Å²) in [4.78, 5) is 28.3. The summed E-state index contributed by atoms with van der Waals surface area (Å²) in [5.74, 6) is 0.479. The third-order valence-electron chi connectivity index (χ3n) is 6.06. The van der Waals surface area contributed by atoms with Gasteiger partial charge in [0.25, 0.3) is 5.91 Å². The molecule has 2 amide bonds. The number of hydrogen-bond donors (Lipinski definition) is 1. The molecule has 0 spiro atoms. The minimum atomic E-state index is -0.371. The van der Waals surface area contributed by atoms with Crippen molar-refractivity contribution in [2.45, 2.75) is 26.8 Å². The largest absolute Gasteiger partial charge is 0.497 e. The third kappa shape index (κ3) is 5.85. The molecule has 0 saturated carbocycles. The Morgan fingerprint density at radius 1 is 1.03 bits per heavy atom. The van der Waals surface area contributed by atoms with Gasteiger partial charge in [0.15, 0.2) is 0 Å². The molecule has 38 heavy (non-hydrogen) atoms. The lowest BCUT2D eigenvalue weighted by molar-refractivity contribution is -0.117. The first kappa shape index (κ1) is 27.2. The Morgan fingerprint density at radius 3 is 2.32 bits per heavy atom. The topological polar surface area (TPSA) is 76.5 Å². The number of halogens is 2. The zero-order valence-electron chi connectivity index (χ0n) is 21.5. The maximum absolute atomic E-state index is 13.5. The summed E-state index contributed by atoms with van der Waals surface area (Å²) < 4.78 is 6.97. The lowest BCUT2D eigenvalue weighted by Gasteiger charge is -2.27. The molecule has 3 aromatic carbocycles. The Labute approximate surface area is 231 Å². The average molecular weight is 551 g/mol. The van der Waals surface area contributed by atoms with Gasteiger partial charge in [-0.1, -0.05) is 53.5 Å². The first-order valence-electron chi connectivity index (χ1n) is 12.0. The van der Waals surface area contributed by atoms with Crippen molar-refractivity contribution in [2.75, 3.05) is 19.0 Å². The minimum absolute atomic E-state index is 0.184. The van der Waals surface area contributed by atoms with Crippen molar-refractivity contribution in [1.29, 1.82) is 0 Å². The van der Waals surface area contributed by atoms with Crippen LogP contribution in [0.15, 0.2) is 72.8 Å². The van der Waals surface area contributed by atoms with Crippen LogP contribution in [-0.2, 0) is 4.79 Å². The smallest absolute Gasteiger partial charge is 0.256 e. The maximum Gasteiger partial charge on any atom is 0.256 e. The van der Waals surface area contributed by atoms with Crippen molar-refractivity contribution < 1.29 is 14.3 Å². The molecule has 4 rings (SSSR count). The molecular weight excluding hydrogens is 523 g/mol. The van der Waals surface area contributed by atoms with Gasteiger partial charge in [-0.15, -0.1) is 0 Å². The number of aromatic nitrogens is 2. The van der Waals surface area contributed by atoms with Gasteiger partial charge in [-0.3, -0.25) is 9.59 Å². The van der Waals surface area contributed by atoms with Crippen molar-refractivity contribution in [1.82, 2.24) is 14.7 Å². The number of nitrogens with zero attached hydrogens (tertiary/aromatic N) is 3. The first-order chi connectivity index (χ1) is 18.2. The molecule has 0 bridgehead atoms. The number of rotatable bonds is 8. The average Bonchev–Trinajstić information content (AvgIpc) is 3.22. The quantitative estimate of drug-likeness (QED) is 0.266. The van der Waals surface area contributed by atoms with Gasteiger partial charge in [0.2, 0.25) is 5.91 Å². The fourth-order valence-electron chi connectivity index (χ4n) is 4.14. The van der Waals surface area contributed by atoms with Gasteiger partial charge in [-0.25, -0.2) is 4.68 Å². The molecule has 1 aromatic heterocycles. The Balaban J connectivity index is 1.69. The van der Waals surface area contributed by atoms with E-state index in [0.717, 1.165) is 22.5 Å². The monoisotopic (exact) mass is 550 g/mol. The van der Waals surface area contributed by atoms with Gasteiger partial charge in [0.05, 0.1) is 29.1 Å². The van der Waals surface area contributed by atoms with Crippen LogP contribution >= 0.6 is 23.2 Å². The summed E-state index contributed by atoms with van der Waals surface area (Å²) in [6.07, 6.45) is 0. The second kappa shape index (κ2) is 11.7. The van der Waals surface area contributed by atoms with Crippen molar-refractivity contribution in [3.05, 3.63) is 94.1 Å². The summed E-state index contributed by atoms with van der Waals surface area (Å²) in [5.41, 5.74) is 3.47. The van der Waals surface area contributed by atoms with Crippen LogP contribution < -0.4 is 10.1 Å². The minimum Gasteiger partial charge on any atom is -0.497 e. The third-order valence-corrected chi connectivity index (χ3v) is 6.61. The number of aryl methyl sites for hydroxylation is 1. The Kier molecular flexibility index (Phi) is 8.39. The second-order valence-corrected chi connectivity index (χ2v) is 9.83. The molecule has 9 heteroatoms. The number of carbonyl (C=O) groups excluding carboxylic acids is 2. The molecule has 1 heterocycles. The summed E-state index contributed by atoms with van der Waals surface area (Å²) in [6.45, 7) is 5.40. The number of amides is 2. The number of carbonyl (C=O) groups is 2. The standard InChI is InChI=1S/C29H28Cl2N4O3/c1-18(2)34(29(37)24-15-10-21(30)16-25(24)31)17-26(36)32-28-27(20-8-6-5-7-9-20)19(3)33-35(28)22-11-13-23(38-4)14-12-22/h5-16,18H,17H2,1-4H3,(H,32,36). The fourth-order valence-corrected chi connectivity index (χ4v) is 4.63. The van der Waals surface area contributed by atoms with Crippen LogP contribution in [0.3, 0.4) is 0 Å². The van der Waals surface area contributed by atoms with Crippen molar-refractivity contribution >= 4 is 40.8 Å². The van der Waals surface area contributed by atoms with Gasteiger partial charge < -0.3 is 15.0 Å². The van der Waals surface area contributed by atoms with E-state index in [-0.39, 0.29) is 35.0 Å². The summed E-state index contributed by atoms with van der Waals surface area (Å²) in [7, 11) is 1.60. The molecule has 0 saturated heterocycles. The molecule has 7 nitrogen and oxygen atoms in total. The van der Waals surface area contributed by atoms with Crippen LogP contribution in [0.4, 0.5) is 5.82 Å². The van der Waals surface area contributed by atoms with E-state index in [9.17, 15) is 9.59 Å². The molecule has 0 radical (unpaired) electrons. The highest BCUT2D eigenvalue weighted by atomic mass is 35.5. The van der Waals surface area contributed by atoms with Crippen LogP contribution in [0, 0.1) is 6.92 Å². The number of benzene rings is 3. The predicted molar refractivity (Wildman–Crippen MR) is 152 cm³/mol. The number of hydrogen-bond acceptors (Lipinski definition) is 4. The molecule has 0 aliphatic rings. The highest BCUT2D eigenvalue weighted by Gasteiger charge is 2.26. The Morgan fingerprint density at radius 2 is 1.71 bits per heavy atom. The summed E-state index contributed by atoms with van der Waals surface area (Å²) >= 11 is 12.3. The molecular formula is C29H28Cl2N4O3. The van der Waals surface area contributed by atoms with Gasteiger partial charge in [0, 0.05) is 16.6 Å². The summed E-state index contributed by atoms with van der Waals surface area (Å²) in [5, 5.41) is 8.41. The Hall–Kier alpha value is -3.81. The molecule has 0 atom stereocenters. The van der Waals surface area contributed by atoms with E-state index in [4.69, 9.17) is 33.0 Å². The zero-order chi connectivity index (χ0) is 27.4. The molecule has 0 unspecified atom stereocenters. The molecule has 0 aliphatic carbocycles. The summed E-state index contributed by atoms with van der Waals surface area (Å²) in [6, 6.07) is 21.5. The molecule has 0 fully saturated rings. The molecule has 4 aromatic rings. The van der Waals surface area contributed by atoms with Crippen LogP contribution in [-0.4, -0.2) is 46.2 Å². The number of methoxy groups -OCH3 is 1. The predicted octanol–water partition coefficient (Wildman–Crippen LogP) is 6.65. The normalized spacial score (nSPS) is 10.9. The van der Waals surface area contributed by atoms with E-state index in [1.807, 2.05) is 75.4 Å². The first-order valence-corrected chi connectivity index (χ1v) is 12.8. The van der Waals surface area contributed by atoms with Crippen LogP contribution in [0.1, 0.15) is 29.9 Å². The molecule has 196 valence electrons. The molecule has 0 aliphatic heterocycles. The van der Waals surface area contributed by atoms with E-state index in [2.05, 4.69) is 5.32 Å². The number of anilines is 1. The number of nitrogens with one attached hydrogen (secondary N) is 1. The van der Waals surface area contributed by atoms with Gasteiger partial charge in [-0.2, -0.15) is 5.10 Å². The van der Waals surface area contributed by atoms with Gasteiger partial charge in [-0.05, 0) is 68.8 Å². The second-order valence-electron chi connectivity index (χ2n) is 8.98. The Bertz CT molecular complexity index is 1450. The lowest BCUT2D eigenvalue weighted by Crippen LogP contribution is -2.42. The van der Waals surface area contributed by atoms with Crippen molar-refractivity contribution in [3.63, 3.8) is 0 Å². The fraction of sp³-hybridized carbons (Fsp3) is 0.207. The van der Waals surface area contributed by atoms with Gasteiger partial charge in [0.1, 0.15) is 18.1 Å². The van der Waals surface area contributed by atoms with Gasteiger partial charge >= 0.3 is 0 Å². The highest BCUT2D eigenvalue weighted by molar-refractivity contribution is 6.36. The number of ether oxygens (including phenoxy) is 1. The van der Waals surface area contributed by atoms with E-state index >= 15 is 0 Å². The van der Waals surface area contributed by atoms with E-state index in [1.54, 1.807) is 23.9 Å². The van der Waals surface area contributed by atoms with Crippen molar-refractivity contribution in [2.24, 2.45) is 0 Å². The van der Waals surface area contributed by atoms with Crippen LogP contribution in [0.2, 0.25) is 10.0 Å². The van der Waals surface area contributed by atoms with E-state index < -0.39 is 0 Å². The molecule has 1 N–H and O–H groups in total. The highest BCUT2D eigenvalue weighted by Crippen LogP contribution is 2.34. The lowest BCUT2D eigenvalue weighted by atomic mass is 10.1. The van der Waals surface area contributed by atoms with Crippen LogP contribution in [0.25, 0.3) is 16.8 Å². The maximum atomic E-state index is 13.5. The van der Waals surface area contributed by atoms with Crippen LogP contribution in [0.5, 0.6) is 5.75 Å². The SMILES string of the molecule is COc1ccc(-n2nc(C)c(-c3ccccc3)c2NC(=O)CN(C(=O)c2ccc(Cl)cc2Cl)C(C)C)cc1. The van der Waals surface area contributed by atoms with E-state index in [1.165, 1.54) is 11.0 Å². The van der Waals surface area contributed by atoms with E-state index in [0.29, 0.717) is 16.6 Å².